The highest BCUT2D eigenvalue weighted by Gasteiger charge is 2.08. The van der Waals surface area contributed by atoms with E-state index < -0.39 is 0 Å². The summed E-state index contributed by atoms with van der Waals surface area (Å²) < 4.78 is 0. The molecule has 1 rings (SSSR count). The van der Waals surface area contributed by atoms with Gasteiger partial charge >= 0.3 is 0 Å². The van der Waals surface area contributed by atoms with Gasteiger partial charge in [-0.3, -0.25) is 0 Å². The lowest BCUT2D eigenvalue weighted by Gasteiger charge is -2.18. The van der Waals surface area contributed by atoms with Gasteiger partial charge < -0.3 is 11.1 Å². The molecule has 0 heterocycles. The van der Waals surface area contributed by atoms with Crippen molar-refractivity contribution < 1.29 is 0 Å². The van der Waals surface area contributed by atoms with E-state index >= 15 is 0 Å². The molecule has 3 N–H and O–H groups in total. The monoisotopic (exact) mass is 212 g/mol. The molecule has 3 heteroatoms. The predicted octanol–water partition coefficient (Wildman–Crippen LogP) is 2.17. The van der Waals surface area contributed by atoms with Gasteiger partial charge in [-0.25, -0.2) is 0 Å². The van der Waals surface area contributed by atoms with E-state index in [4.69, 9.17) is 17.3 Å². The van der Waals surface area contributed by atoms with Crippen molar-refractivity contribution >= 4 is 11.6 Å². The van der Waals surface area contributed by atoms with Gasteiger partial charge in [-0.15, -0.1) is 0 Å². The molecule has 0 unspecified atom stereocenters. The Labute approximate surface area is 90.4 Å². The third kappa shape index (κ3) is 4.61. The summed E-state index contributed by atoms with van der Waals surface area (Å²) >= 11 is 5.78. The standard InChI is InChI=1S/C11H17ClN2/c1-11(2,13)8-14-7-9-3-5-10(12)6-4-9/h3-6,14H,7-8,13H2,1-2H3. The second kappa shape index (κ2) is 4.78. The summed E-state index contributed by atoms with van der Waals surface area (Å²) in [4.78, 5) is 0. The van der Waals surface area contributed by atoms with Gasteiger partial charge in [-0.05, 0) is 31.5 Å². The van der Waals surface area contributed by atoms with Crippen molar-refractivity contribution in [1.82, 2.24) is 5.32 Å². The van der Waals surface area contributed by atoms with E-state index in [-0.39, 0.29) is 5.54 Å². The first kappa shape index (κ1) is 11.5. The number of halogens is 1. The normalized spacial score (nSPS) is 11.7. The van der Waals surface area contributed by atoms with Crippen LogP contribution in [-0.4, -0.2) is 12.1 Å². The summed E-state index contributed by atoms with van der Waals surface area (Å²) in [5, 5.41) is 4.06. The van der Waals surface area contributed by atoms with Crippen molar-refractivity contribution in [3.05, 3.63) is 34.9 Å². The number of hydrogen-bond acceptors (Lipinski definition) is 2. The van der Waals surface area contributed by atoms with Gasteiger partial charge in [0.15, 0.2) is 0 Å². The Morgan fingerprint density at radius 2 is 1.86 bits per heavy atom. The van der Waals surface area contributed by atoms with Crippen molar-refractivity contribution in [2.75, 3.05) is 6.54 Å². The van der Waals surface area contributed by atoms with Crippen LogP contribution in [0, 0.1) is 0 Å². The molecule has 1 aromatic carbocycles. The molecule has 0 radical (unpaired) electrons. The SMILES string of the molecule is CC(C)(N)CNCc1ccc(Cl)cc1. The Kier molecular flexibility index (Phi) is 3.93. The number of hydrogen-bond donors (Lipinski definition) is 2. The fraction of sp³-hybridized carbons (Fsp3) is 0.455. The van der Waals surface area contributed by atoms with E-state index in [1.165, 1.54) is 5.56 Å². The first-order valence-corrected chi connectivity index (χ1v) is 5.09. The van der Waals surface area contributed by atoms with Crippen LogP contribution in [0.4, 0.5) is 0 Å². The topological polar surface area (TPSA) is 38.0 Å². The number of nitrogens with one attached hydrogen (secondary N) is 1. The average molecular weight is 213 g/mol. The minimum Gasteiger partial charge on any atom is -0.324 e. The van der Waals surface area contributed by atoms with Crippen LogP contribution >= 0.6 is 11.6 Å². The molecule has 0 aliphatic heterocycles. The Hall–Kier alpha value is -0.570. The zero-order valence-corrected chi connectivity index (χ0v) is 9.43. The Morgan fingerprint density at radius 3 is 2.36 bits per heavy atom. The van der Waals surface area contributed by atoms with Crippen LogP contribution in [0.3, 0.4) is 0 Å². The van der Waals surface area contributed by atoms with E-state index in [0.29, 0.717) is 0 Å². The molecule has 14 heavy (non-hydrogen) atoms. The molecule has 0 saturated carbocycles. The van der Waals surface area contributed by atoms with Gasteiger partial charge in [0.25, 0.3) is 0 Å². The second-order valence-electron chi connectivity index (χ2n) is 4.22. The van der Waals surface area contributed by atoms with E-state index in [2.05, 4.69) is 5.32 Å². The summed E-state index contributed by atoms with van der Waals surface area (Å²) in [7, 11) is 0. The molecule has 0 atom stereocenters. The van der Waals surface area contributed by atoms with Crippen LogP contribution in [-0.2, 0) is 6.54 Å². The lowest BCUT2D eigenvalue weighted by atomic mass is 10.1. The van der Waals surface area contributed by atoms with Crippen LogP contribution in [0.1, 0.15) is 19.4 Å². The molecule has 0 spiro atoms. The molecule has 0 bridgehead atoms. The fourth-order valence-corrected chi connectivity index (χ4v) is 1.26. The molecule has 0 aliphatic carbocycles. The molecule has 0 aliphatic rings. The third-order valence-electron chi connectivity index (χ3n) is 1.82. The number of rotatable bonds is 4. The predicted molar refractivity (Wildman–Crippen MR) is 61.4 cm³/mol. The Balaban J connectivity index is 2.35. The van der Waals surface area contributed by atoms with Gasteiger partial charge in [0.2, 0.25) is 0 Å². The molecule has 0 fully saturated rings. The fourth-order valence-electron chi connectivity index (χ4n) is 1.13. The van der Waals surface area contributed by atoms with Gasteiger partial charge in [-0.2, -0.15) is 0 Å². The highest BCUT2D eigenvalue weighted by Crippen LogP contribution is 2.09. The van der Waals surface area contributed by atoms with Crippen molar-refractivity contribution in [3.8, 4) is 0 Å². The minimum atomic E-state index is -0.160. The number of nitrogens with two attached hydrogens (primary N) is 1. The van der Waals surface area contributed by atoms with Crippen molar-refractivity contribution in [2.24, 2.45) is 5.73 Å². The zero-order chi connectivity index (χ0) is 10.6. The maximum absolute atomic E-state index is 5.84. The average Bonchev–Trinajstić information content (AvgIpc) is 2.06. The third-order valence-corrected chi connectivity index (χ3v) is 2.07. The summed E-state index contributed by atoms with van der Waals surface area (Å²) in [6.45, 7) is 5.64. The molecule has 0 amide bonds. The summed E-state index contributed by atoms with van der Waals surface area (Å²) in [6, 6.07) is 7.82. The second-order valence-corrected chi connectivity index (χ2v) is 4.66. The van der Waals surface area contributed by atoms with Crippen LogP contribution < -0.4 is 11.1 Å². The summed E-state index contributed by atoms with van der Waals surface area (Å²) in [6.07, 6.45) is 0. The maximum Gasteiger partial charge on any atom is 0.0406 e. The quantitative estimate of drug-likeness (QED) is 0.803. The van der Waals surface area contributed by atoms with Crippen molar-refractivity contribution in [1.29, 1.82) is 0 Å². The van der Waals surface area contributed by atoms with E-state index in [0.717, 1.165) is 18.1 Å². The maximum atomic E-state index is 5.84. The van der Waals surface area contributed by atoms with Gasteiger partial charge in [0, 0.05) is 23.7 Å². The molecular weight excluding hydrogens is 196 g/mol. The molecular formula is C11H17ClN2. The van der Waals surface area contributed by atoms with Crippen molar-refractivity contribution in [2.45, 2.75) is 25.9 Å². The highest BCUT2D eigenvalue weighted by molar-refractivity contribution is 6.30. The van der Waals surface area contributed by atoms with Gasteiger partial charge in [-0.1, -0.05) is 23.7 Å². The van der Waals surface area contributed by atoms with Crippen LogP contribution in [0.2, 0.25) is 5.02 Å². The first-order valence-electron chi connectivity index (χ1n) is 4.71. The molecule has 0 saturated heterocycles. The number of benzene rings is 1. The summed E-state index contributed by atoms with van der Waals surface area (Å²) in [5.74, 6) is 0. The zero-order valence-electron chi connectivity index (χ0n) is 8.68. The Bertz CT molecular complexity index is 274. The largest absolute Gasteiger partial charge is 0.324 e. The van der Waals surface area contributed by atoms with E-state index in [9.17, 15) is 0 Å². The smallest absolute Gasteiger partial charge is 0.0406 e. The molecule has 1 aromatic rings. The highest BCUT2D eigenvalue weighted by atomic mass is 35.5. The molecule has 0 aromatic heterocycles. The van der Waals surface area contributed by atoms with E-state index in [1.807, 2.05) is 38.1 Å². The van der Waals surface area contributed by atoms with Gasteiger partial charge in [0.1, 0.15) is 0 Å². The van der Waals surface area contributed by atoms with Crippen LogP contribution in [0.25, 0.3) is 0 Å². The van der Waals surface area contributed by atoms with Crippen LogP contribution in [0.5, 0.6) is 0 Å². The van der Waals surface area contributed by atoms with Crippen molar-refractivity contribution in [3.63, 3.8) is 0 Å². The van der Waals surface area contributed by atoms with Crippen LogP contribution in [0.15, 0.2) is 24.3 Å². The molecule has 78 valence electrons. The Morgan fingerprint density at radius 1 is 1.29 bits per heavy atom. The lowest BCUT2D eigenvalue weighted by Crippen LogP contribution is -2.42. The first-order chi connectivity index (χ1) is 6.47. The van der Waals surface area contributed by atoms with Gasteiger partial charge in [0.05, 0.1) is 0 Å². The summed E-state index contributed by atoms with van der Waals surface area (Å²) in [5.41, 5.74) is 6.90. The molecule has 2 nitrogen and oxygen atoms in total. The minimum absolute atomic E-state index is 0.160. The van der Waals surface area contributed by atoms with E-state index in [1.54, 1.807) is 0 Å². The lowest BCUT2D eigenvalue weighted by molar-refractivity contribution is 0.466.